The summed E-state index contributed by atoms with van der Waals surface area (Å²) in [6.45, 7) is 3.20. The SMILES string of the molecule is CN=C(NCc1cccc(C)n1)NCc1cccc(OC)c1OC1CCCC1.I. The molecule has 0 atom stereocenters. The van der Waals surface area contributed by atoms with Gasteiger partial charge in [-0.15, -0.1) is 24.0 Å². The van der Waals surface area contributed by atoms with E-state index in [0.29, 0.717) is 13.1 Å². The topological polar surface area (TPSA) is 67.8 Å². The average molecular weight is 510 g/mol. The summed E-state index contributed by atoms with van der Waals surface area (Å²) in [6.07, 6.45) is 4.96. The molecule has 0 spiro atoms. The first-order chi connectivity index (χ1) is 13.7. The lowest BCUT2D eigenvalue weighted by atomic mass is 10.1. The van der Waals surface area contributed by atoms with Crippen LogP contribution in [-0.4, -0.2) is 31.2 Å². The number of nitrogens with one attached hydrogen (secondary N) is 2. The number of nitrogens with zero attached hydrogens (tertiary/aromatic N) is 2. The number of halogens is 1. The second-order valence-electron chi connectivity index (χ2n) is 7.02. The Bertz CT molecular complexity index is 807. The number of aryl methyl sites for hydroxylation is 1. The molecule has 1 aliphatic carbocycles. The molecule has 1 saturated carbocycles. The van der Waals surface area contributed by atoms with Gasteiger partial charge in [0.25, 0.3) is 0 Å². The molecule has 0 bridgehead atoms. The predicted molar refractivity (Wildman–Crippen MR) is 127 cm³/mol. The number of ether oxygens (including phenoxy) is 2. The third kappa shape index (κ3) is 6.76. The zero-order valence-electron chi connectivity index (χ0n) is 17.4. The van der Waals surface area contributed by atoms with Crippen LogP contribution in [0.15, 0.2) is 41.4 Å². The van der Waals surface area contributed by atoms with Crippen LogP contribution < -0.4 is 20.1 Å². The van der Waals surface area contributed by atoms with E-state index in [9.17, 15) is 0 Å². The Hall–Kier alpha value is -2.03. The highest BCUT2D eigenvalue weighted by atomic mass is 127. The van der Waals surface area contributed by atoms with E-state index in [2.05, 4.69) is 26.7 Å². The Morgan fingerprint density at radius 2 is 1.83 bits per heavy atom. The average Bonchev–Trinajstić information content (AvgIpc) is 3.22. The molecule has 7 heteroatoms. The molecule has 1 aromatic carbocycles. The number of aliphatic imine (C=N–C) groups is 1. The number of para-hydroxylation sites is 1. The Labute approximate surface area is 190 Å². The monoisotopic (exact) mass is 510 g/mol. The van der Waals surface area contributed by atoms with Crippen LogP contribution in [0.1, 0.15) is 42.6 Å². The summed E-state index contributed by atoms with van der Waals surface area (Å²) in [5.41, 5.74) is 3.05. The van der Waals surface area contributed by atoms with Gasteiger partial charge in [-0.2, -0.15) is 0 Å². The molecule has 1 fully saturated rings. The Balaban J connectivity index is 0.00000300. The van der Waals surface area contributed by atoms with Gasteiger partial charge in [0.2, 0.25) is 0 Å². The molecule has 0 unspecified atom stereocenters. The van der Waals surface area contributed by atoms with Gasteiger partial charge in [0.05, 0.1) is 25.5 Å². The summed E-state index contributed by atoms with van der Waals surface area (Å²) in [7, 11) is 3.45. The Morgan fingerprint density at radius 3 is 2.52 bits per heavy atom. The first kappa shape index (κ1) is 23.3. The number of methoxy groups -OCH3 is 1. The van der Waals surface area contributed by atoms with Crippen LogP contribution in [0.5, 0.6) is 11.5 Å². The molecule has 2 N–H and O–H groups in total. The molecule has 6 nitrogen and oxygen atoms in total. The molecular formula is C22H31IN4O2. The highest BCUT2D eigenvalue weighted by molar-refractivity contribution is 14.0. The van der Waals surface area contributed by atoms with E-state index >= 15 is 0 Å². The number of hydrogen-bond acceptors (Lipinski definition) is 4. The first-order valence-corrected chi connectivity index (χ1v) is 9.89. The second-order valence-corrected chi connectivity index (χ2v) is 7.02. The Morgan fingerprint density at radius 1 is 1.10 bits per heavy atom. The standard InChI is InChI=1S/C22H30N4O2.HI/c1-16-8-6-10-18(26-16)15-25-22(23-2)24-14-17-9-7-13-20(27-3)21(17)28-19-11-4-5-12-19;/h6-10,13,19H,4-5,11-12,14-15H2,1-3H3,(H2,23,24,25);1H. The van der Waals surface area contributed by atoms with Crippen LogP contribution in [0.2, 0.25) is 0 Å². The van der Waals surface area contributed by atoms with Gasteiger partial charge < -0.3 is 20.1 Å². The minimum absolute atomic E-state index is 0. The second kappa shape index (κ2) is 11.8. The van der Waals surface area contributed by atoms with E-state index in [1.54, 1.807) is 14.2 Å². The number of guanidine groups is 1. The van der Waals surface area contributed by atoms with Crippen molar-refractivity contribution in [2.45, 2.75) is 51.8 Å². The van der Waals surface area contributed by atoms with Crippen LogP contribution in [0.4, 0.5) is 0 Å². The van der Waals surface area contributed by atoms with Crippen molar-refractivity contribution in [2.75, 3.05) is 14.2 Å². The van der Waals surface area contributed by atoms with Gasteiger partial charge in [-0.1, -0.05) is 18.2 Å². The van der Waals surface area contributed by atoms with Crippen molar-refractivity contribution in [3.8, 4) is 11.5 Å². The molecular weight excluding hydrogens is 479 g/mol. The normalized spacial score (nSPS) is 14.2. The lowest BCUT2D eigenvalue weighted by Gasteiger charge is -2.20. The van der Waals surface area contributed by atoms with Crippen LogP contribution >= 0.6 is 24.0 Å². The van der Waals surface area contributed by atoms with Crippen molar-refractivity contribution in [2.24, 2.45) is 4.99 Å². The van der Waals surface area contributed by atoms with Crippen molar-refractivity contribution in [1.82, 2.24) is 15.6 Å². The van der Waals surface area contributed by atoms with E-state index < -0.39 is 0 Å². The highest BCUT2D eigenvalue weighted by Crippen LogP contribution is 2.34. The molecule has 1 heterocycles. The number of aromatic nitrogens is 1. The molecule has 29 heavy (non-hydrogen) atoms. The number of rotatable bonds is 7. The number of benzene rings is 1. The van der Waals surface area contributed by atoms with E-state index in [1.807, 2.05) is 37.3 Å². The van der Waals surface area contributed by atoms with Crippen LogP contribution in [0, 0.1) is 6.92 Å². The van der Waals surface area contributed by atoms with Crippen molar-refractivity contribution in [1.29, 1.82) is 0 Å². The summed E-state index contributed by atoms with van der Waals surface area (Å²) in [5, 5.41) is 6.67. The molecule has 0 amide bonds. The first-order valence-electron chi connectivity index (χ1n) is 9.89. The molecule has 0 saturated heterocycles. The van der Waals surface area contributed by atoms with Crippen molar-refractivity contribution in [3.63, 3.8) is 0 Å². The summed E-state index contributed by atoms with van der Waals surface area (Å²) in [4.78, 5) is 8.82. The fourth-order valence-electron chi connectivity index (χ4n) is 3.44. The molecule has 2 aromatic rings. The minimum Gasteiger partial charge on any atom is -0.493 e. The van der Waals surface area contributed by atoms with Gasteiger partial charge in [0, 0.05) is 24.8 Å². The minimum atomic E-state index is 0. The summed E-state index contributed by atoms with van der Waals surface area (Å²) in [6, 6.07) is 12.0. The van der Waals surface area contributed by atoms with E-state index in [1.165, 1.54) is 12.8 Å². The maximum absolute atomic E-state index is 6.30. The molecule has 1 aliphatic rings. The fourth-order valence-corrected chi connectivity index (χ4v) is 3.44. The van der Waals surface area contributed by atoms with Gasteiger partial charge in [-0.3, -0.25) is 9.98 Å². The summed E-state index contributed by atoms with van der Waals surface area (Å²) >= 11 is 0. The zero-order chi connectivity index (χ0) is 19.8. The Kier molecular flexibility index (Phi) is 9.50. The third-order valence-electron chi connectivity index (χ3n) is 4.92. The highest BCUT2D eigenvalue weighted by Gasteiger charge is 2.20. The van der Waals surface area contributed by atoms with Gasteiger partial charge in [-0.25, -0.2) is 0 Å². The molecule has 158 valence electrons. The zero-order valence-corrected chi connectivity index (χ0v) is 19.7. The number of pyridine rings is 1. The predicted octanol–water partition coefficient (Wildman–Crippen LogP) is 4.20. The smallest absolute Gasteiger partial charge is 0.191 e. The van der Waals surface area contributed by atoms with Crippen LogP contribution in [-0.2, 0) is 13.1 Å². The molecule has 0 radical (unpaired) electrons. The van der Waals surface area contributed by atoms with Gasteiger partial charge in [0.1, 0.15) is 0 Å². The summed E-state index contributed by atoms with van der Waals surface area (Å²) in [5.74, 6) is 2.33. The largest absolute Gasteiger partial charge is 0.493 e. The lowest BCUT2D eigenvalue weighted by Crippen LogP contribution is -2.36. The van der Waals surface area contributed by atoms with Gasteiger partial charge >= 0.3 is 0 Å². The van der Waals surface area contributed by atoms with E-state index in [4.69, 9.17) is 9.47 Å². The summed E-state index contributed by atoms with van der Waals surface area (Å²) < 4.78 is 11.8. The van der Waals surface area contributed by atoms with Crippen LogP contribution in [0.25, 0.3) is 0 Å². The lowest BCUT2D eigenvalue weighted by molar-refractivity contribution is 0.198. The van der Waals surface area contributed by atoms with Crippen LogP contribution in [0.3, 0.4) is 0 Å². The molecule has 3 rings (SSSR count). The maximum atomic E-state index is 6.30. The molecule has 1 aromatic heterocycles. The fraction of sp³-hybridized carbons (Fsp3) is 0.455. The van der Waals surface area contributed by atoms with Crippen molar-refractivity contribution < 1.29 is 9.47 Å². The third-order valence-corrected chi connectivity index (χ3v) is 4.92. The number of hydrogen-bond donors (Lipinski definition) is 2. The molecule has 0 aliphatic heterocycles. The van der Waals surface area contributed by atoms with E-state index in [-0.39, 0.29) is 30.1 Å². The van der Waals surface area contributed by atoms with Gasteiger partial charge in [0.15, 0.2) is 17.5 Å². The van der Waals surface area contributed by atoms with E-state index in [0.717, 1.165) is 47.3 Å². The van der Waals surface area contributed by atoms with Crippen molar-refractivity contribution in [3.05, 3.63) is 53.3 Å². The van der Waals surface area contributed by atoms with Crippen molar-refractivity contribution >= 4 is 29.9 Å². The quantitative estimate of drug-likeness (QED) is 0.332. The van der Waals surface area contributed by atoms with Gasteiger partial charge in [-0.05, 0) is 50.8 Å². The maximum Gasteiger partial charge on any atom is 0.191 e.